The number of esters is 1. The first-order valence-corrected chi connectivity index (χ1v) is 5.73. The van der Waals surface area contributed by atoms with Crippen molar-refractivity contribution in [3.8, 4) is 0 Å². The van der Waals surface area contributed by atoms with E-state index in [9.17, 15) is 4.79 Å². The molecule has 0 saturated heterocycles. The van der Waals surface area contributed by atoms with Gasteiger partial charge in [0.15, 0.2) is 0 Å². The van der Waals surface area contributed by atoms with E-state index in [4.69, 9.17) is 4.74 Å². The molecule has 17 heavy (non-hydrogen) atoms. The fourth-order valence-electron chi connectivity index (χ4n) is 1.83. The number of carbonyl (C=O) groups is 1. The molecule has 2 rings (SSSR count). The summed E-state index contributed by atoms with van der Waals surface area (Å²) in [5, 5.41) is 0. The van der Waals surface area contributed by atoms with Crippen molar-refractivity contribution in [2.45, 2.75) is 25.4 Å². The van der Waals surface area contributed by atoms with E-state index >= 15 is 0 Å². The van der Waals surface area contributed by atoms with Crippen molar-refractivity contribution < 1.29 is 9.53 Å². The molecule has 1 atom stereocenters. The summed E-state index contributed by atoms with van der Waals surface area (Å²) in [5.74, 6) is -0.252. The van der Waals surface area contributed by atoms with Crippen molar-refractivity contribution in [2.75, 3.05) is 0 Å². The molecular weight excluding hydrogens is 214 g/mol. The molecule has 0 bridgehead atoms. The van der Waals surface area contributed by atoms with Crippen LogP contribution in [0.25, 0.3) is 5.57 Å². The zero-order chi connectivity index (χ0) is 12.1. The van der Waals surface area contributed by atoms with Gasteiger partial charge >= 0.3 is 5.97 Å². The molecule has 0 amide bonds. The molecule has 0 spiro atoms. The highest BCUT2D eigenvalue weighted by Gasteiger charge is 2.23. The van der Waals surface area contributed by atoms with E-state index in [0.717, 1.165) is 24.8 Å². The summed E-state index contributed by atoms with van der Waals surface area (Å²) < 4.78 is 5.37. The minimum atomic E-state index is -0.252. The Morgan fingerprint density at radius 3 is 3.12 bits per heavy atom. The van der Waals surface area contributed by atoms with Crippen LogP contribution in [0.4, 0.5) is 0 Å². The van der Waals surface area contributed by atoms with Gasteiger partial charge in [-0.2, -0.15) is 0 Å². The zero-order valence-electron chi connectivity index (χ0n) is 9.63. The first kappa shape index (κ1) is 11.6. The van der Waals surface area contributed by atoms with Gasteiger partial charge in [0.05, 0.1) is 5.57 Å². The molecule has 3 nitrogen and oxygen atoms in total. The van der Waals surface area contributed by atoms with Crippen LogP contribution >= 0.6 is 0 Å². The first-order chi connectivity index (χ1) is 8.31. The lowest BCUT2D eigenvalue weighted by Crippen LogP contribution is -2.22. The number of cyclic esters (lactones) is 1. The van der Waals surface area contributed by atoms with Crippen molar-refractivity contribution in [1.29, 1.82) is 0 Å². The largest absolute Gasteiger partial charge is 0.458 e. The lowest BCUT2D eigenvalue weighted by Gasteiger charge is -2.21. The van der Waals surface area contributed by atoms with Gasteiger partial charge in [0.2, 0.25) is 0 Å². The molecule has 1 unspecified atom stereocenters. The van der Waals surface area contributed by atoms with Gasteiger partial charge in [-0.05, 0) is 18.9 Å². The van der Waals surface area contributed by atoms with E-state index in [2.05, 4.69) is 11.6 Å². The Bertz CT molecular complexity index is 437. The number of rotatable bonds is 4. The van der Waals surface area contributed by atoms with E-state index in [1.807, 2.05) is 24.3 Å². The number of hydrogen-bond donors (Lipinski definition) is 0. The Morgan fingerprint density at radius 2 is 2.47 bits per heavy atom. The zero-order valence-corrected chi connectivity index (χ0v) is 9.63. The van der Waals surface area contributed by atoms with Crippen molar-refractivity contribution in [3.63, 3.8) is 0 Å². The molecule has 88 valence electrons. The van der Waals surface area contributed by atoms with E-state index < -0.39 is 0 Å². The predicted molar refractivity (Wildman–Crippen MR) is 66.1 cm³/mol. The highest BCUT2D eigenvalue weighted by Crippen LogP contribution is 2.24. The summed E-state index contributed by atoms with van der Waals surface area (Å²) >= 11 is 0. The molecule has 0 radical (unpaired) electrons. The van der Waals surface area contributed by atoms with Crippen LogP contribution in [0.15, 0.2) is 43.3 Å². The van der Waals surface area contributed by atoms with Crippen molar-refractivity contribution in [1.82, 2.24) is 4.98 Å². The predicted octanol–water partition coefficient (Wildman–Crippen LogP) is 2.75. The second-order valence-electron chi connectivity index (χ2n) is 3.99. The highest BCUT2D eigenvalue weighted by atomic mass is 16.5. The molecule has 1 aliphatic heterocycles. The summed E-state index contributed by atoms with van der Waals surface area (Å²) in [6.07, 6.45) is 9.61. The van der Waals surface area contributed by atoms with Gasteiger partial charge in [0, 0.05) is 24.4 Å². The molecule has 1 aromatic rings. The fourth-order valence-corrected chi connectivity index (χ4v) is 1.83. The third-order valence-corrected chi connectivity index (χ3v) is 2.74. The lowest BCUT2D eigenvalue weighted by molar-refractivity contribution is -0.142. The van der Waals surface area contributed by atoms with Crippen LogP contribution in [0.5, 0.6) is 0 Å². The van der Waals surface area contributed by atoms with Crippen LogP contribution in [0.3, 0.4) is 0 Å². The van der Waals surface area contributed by atoms with Gasteiger partial charge in [0.1, 0.15) is 6.10 Å². The van der Waals surface area contributed by atoms with Gasteiger partial charge < -0.3 is 4.74 Å². The molecule has 0 saturated carbocycles. The molecule has 0 aromatic carbocycles. The van der Waals surface area contributed by atoms with Gasteiger partial charge in [-0.25, -0.2) is 4.79 Å². The third-order valence-electron chi connectivity index (χ3n) is 2.74. The standard InChI is InChI=1S/C14H15NO2/c1-2-3-6-12-7-8-13(14(16)17-12)11-5-4-9-15-10-11/h2,4-5,8-10,12H,1,3,6-7H2. The molecule has 1 aliphatic rings. The van der Waals surface area contributed by atoms with Crippen molar-refractivity contribution in [3.05, 3.63) is 48.8 Å². The molecule has 0 N–H and O–H groups in total. The number of ether oxygens (including phenoxy) is 1. The minimum absolute atomic E-state index is 0.0130. The number of aromatic nitrogens is 1. The molecule has 1 aromatic heterocycles. The average Bonchev–Trinajstić information content (AvgIpc) is 2.37. The molecule has 0 aliphatic carbocycles. The Balaban J connectivity index is 2.09. The van der Waals surface area contributed by atoms with E-state index in [-0.39, 0.29) is 12.1 Å². The van der Waals surface area contributed by atoms with Gasteiger partial charge in [0.25, 0.3) is 0 Å². The second kappa shape index (κ2) is 5.43. The Hall–Kier alpha value is -1.90. The smallest absolute Gasteiger partial charge is 0.338 e. The van der Waals surface area contributed by atoms with E-state index in [1.165, 1.54) is 0 Å². The van der Waals surface area contributed by atoms with Gasteiger partial charge in [-0.3, -0.25) is 4.98 Å². The molecule has 0 fully saturated rings. The van der Waals surface area contributed by atoms with E-state index in [1.54, 1.807) is 12.4 Å². The number of nitrogens with zero attached hydrogens (tertiary/aromatic N) is 1. The van der Waals surface area contributed by atoms with E-state index in [0.29, 0.717) is 5.57 Å². The average molecular weight is 229 g/mol. The third kappa shape index (κ3) is 2.81. The van der Waals surface area contributed by atoms with Crippen LogP contribution in [0.2, 0.25) is 0 Å². The summed E-state index contributed by atoms with van der Waals surface area (Å²) in [5.41, 5.74) is 1.44. The van der Waals surface area contributed by atoms with Gasteiger partial charge in [-0.1, -0.05) is 18.2 Å². The summed E-state index contributed by atoms with van der Waals surface area (Å²) in [6, 6.07) is 3.68. The first-order valence-electron chi connectivity index (χ1n) is 5.73. The minimum Gasteiger partial charge on any atom is -0.458 e. The van der Waals surface area contributed by atoms with Crippen LogP contribution in [0.1, 0.15) is 24.8 Å². The number of hydrogen-bond acceptors (Lipinski definition) is 3. The Labute approximate surface area is 101 Å². The van der Waals surface area contributed by atoms with Crippen LogP contribution in [0, 0.1) is 0 Å². The lowest BCUT2D eigenvalue weighted by atomic mass is 10.0. The maximum atomic E-state index is 11.8. The summed E-state index contributed by atoms with van der Waals surface area (Å²) in [4.78, 5) is 15.8. The topological polar surface area (TPSA) is 39.2 Å². The SMILES string of the molecule is C=CCCC1CC=C(c2cccnc2)C(=O)O1. The monoisotopic (exact) mass is 229 g/mol. The summed E-state index contributed by atoms with van der Waals surface area (Å²) in [7, 11) is 0. The normalized spacial score (nSPS) is 19.4. The Kier molecular flexibility index (Phi) is 3.70. The number of pyridine rings is 1. The highest BCUT2D eigenvalue weighted by molar-refractivity contribution is 6.16. The fraction of sp³-hybridized carbons (Fsp3) is 0.286. The summed E-state index contributed by atoms with van der Waals surface area (Å²) in [6.45, 7) is 3.66. The maximum Gasteiger partial charge on any atom is 0.338 e. The van der Waals surface area contributed by atoms with Crippen LogP contribution < -0.4 is 0 Å². The van der Waals surface area contributed by atoms with Crippen LogP contribution in [-0.4, -0.2) is 17.1 Å². The van der Waals surface area contributed by atoms with Crippen LogP contribution in [-0.2, 0) is 9.53 Å². The van der Waals surface area contributed by atoms with Crippen molar-refractivity contribution in [2.24, 2.45) is 0 Å². The maximum absolute atomic E-state index is 11.8. The molecule has 3 heteroatoms. The second-order valence-corrected chi connectivity index (χ2v) is 3.99. The molecular formula is C14H15NO2. The number of carbonyl (C=O) groups excluding carboxylic acids is 1. The van der Waals surface area contributed by atoms with Crippen molar-refractivity contribution >= 4 is 11.5 Å². The molecule has 2 heterocycles. The Morgan fingerprint density at radius 1 is 1.59 bits per heavy atom. The van der Waals surface area contributed by atoms with Gasteiger partial charge in [-0.15, -0.1) is 6.58 Å². The quantitative estimate of drug-likeness (QED) is 0.588. The number of allylic oxidation sites excluding steroid dienone is 1.